The Balaban J connectivity index is 0. The third-order valence-corrected chi connectivity index (χ3v) is 2.01. The molecular formula is C13H27NO4. The lowest BCUT2D eigenvalue weighted by molar-refractivity contribution is -0.150. The largest absolute Gasteiger partial charge is 0.463 e. The minimum Gasteiger partial charge on any atom is -0.463 e. The van der Waals surface area contributed by atoms with Crippen molar-refractivity contribution in [1.82, 2.24) is 0 Å². The molecule has 0 aliphatic heterocycles. The Kier molecular flexibility index (Phi) is 11.8. The number of hydrogen-bond acceptors (Lipinski definition) is 5. The normalized spacial score (nSPS) is 11.6. The van der Waals surface area contributed by atoms with Crippen molar-refractivity contribution in [3.05, 3.63) is 0 Å². The molecular weight excluding hydrogens is 234 g/mol. The van der Waals surface area contributed by atoms with Gasteiger partial charge in [-0.2, -0.15) is 0 Å². The van der Waals surface area contributed by atoms with Crippen LogP contribution in [0, 0.1) is 5.92 Å². The summed E-state index contributed by atoms with van der Waals surface area (Å²) < 4.78 is 9.64. The topological polar surface area (TPSA) is 78.6 Å². The third-order valence-electron chi connectivity index (χ3n) is 2.01. The smallest absolute Gasteiger partial charge is 0.307 e. The van der Waals surface area contributed by atoms with Gasteiger partial charge in [-0.3, -0.25) is 9.59 Å². The van der Waals surface area contributed by atoms with Crippen molar-refractivity contribution in [3.63, 3.8) is 0 Å². The lowest BCUT2D eigenvalue weighted by Crippen LogP contribution is -2.21. The second-order valence-electron chi connectivity index (χ2n) is 4.64. The molecule has 0 aliphatic rings. The summed E-state index contributed by atoms with van der Waals surface area (Å²) in [5, 5.41) is 0. The van der Waals surface area contributed by atoms with E-state index >= 15 is 0 Å². The standard InChI is InChI=1S/C8H17NO2.C5H10O2/c1-6(2)7(3)11-8(10)4-5-9;1-4(2)7-5(3)6/h6-7H,4-5,9H2,1-3H3;4H,1-3H3. The summed E-state index contributed by atoms with van der Waals surface area (Å²) in [6.07, 6.45) is 0.336. The van der Waals surface area contributed by atoms with E-state index in [1.807, 2.05) is 34.6 Å². The van der Waals surface area contributed by atoms with Crippen LogP contribution in [0.25, 0.3) is 0 Å². The van der Waals surface area contributed by atoms with Crippen LogP contribution in [0.5, 0.6) is 0 Å². The van der Waals surface area contributed by atoms with Gasteiger partial charge in [-0.15, -0.1) is 0 Å². The van der Waals surface area contributed by atoms with Crippen LogP contribution in [0.3, 0.4) is 0 Å². The van der Waals surface area contributed by atoms with Crippen LogP contribution in [0.1, 0.15) is 48.0 Å². The van der Waals surface area contributed by atoms with Gasteiger partial charge in [0.1, 0.15) is 6.10 Å². The molecule has 0 aromatic rings. The van der Waals surface area contributed by atoms with Gasteiger partial charge in [-0.25, -0.2) is 0 Å². The summed E-state index contributed by atoms with van der Waals surface area (Å²) in [4.78, 5) is 20.9. The van der Waals surface area contributed by atoms with E-state index in [0.717, 1.165) is 0 Å². The molecule has 0 fully saturated rings. The van der Waals surface area contributed by atoms with Crippen molar-refractivity contribution >= 4 is 11.9 Å². The maximum absolute atomic E-state index is 10.9. The SMILES string of the molecule is CC(=O)OC(C)C.CC(C)C(C)OC(=O)CCN. The quantitative estimate of drug-likeness (QED) is 0.764. The Hall–Kier alpha value is -1.10. The van der Waals surface area contributed by atoms with Crippen LogP contribution >= 0.6 is 0 Å². The van der Waals surface area contributed by atoms with Crippen molar-refractivity contribution in [1.29, 1.82) is 0 Å². The van der Waals surface area contributed by atoms with Gasteiger partial charge in [0.25, 0.3) is 0 Å². The van der Waals surface area contributed by atoms with E-state index in [0.29, 0.717) is 18.9 Å². The Labute approximate surface area is 110 Å². The first-order valence-electron chi connectivity index (χ1n) is 6.27. The van der Waals surface area contributed by atoms with E-state index in [1.54, 1.807) is 0 Å². The van der Waals surface area contributed by atoms with E-state index in [2.05, 4.69) is 4.74 Å². The molecule has 0 aromatic heterocycles. The molecule has 1 unspecified atom stereocenters. The van der Waals surface area contributed by atoms with Crippen molar-refractivity contribution < 1.29 is 19.1 Å². The van der Waals surface area contributed by atoms with Crippen LogP contribution < -0.4 is 5.73 Å². The lowest BCUT2D eigenvalue weighted by atomic mass is 10.1. The Bertz CT molecular complexity index is 239. The predicted molar refractivity (Wildman–Crippen MR) is 71.0 cm³/mol. The van der Waals surface area contributed by atoms with Gasteiger partial charge in [0.05, 0.1) is 12.5 Å². The molecule has 5 nitrogen and oxygen atoms in total. The third kappa shape index (κ3) is 14.9. The predicted octanol–water partition coefficient (Wildman–Crippen LogP) is 1.88. The first-order valence-corrected chi connectivity index (χ1v) is 6.27. The van der Waals surface area contributed by atoms with Gasteiger partial charge in [0, 0.05) is 13.5 Å². The van der Waals surface area contributed by atoms with Gasteiger partial charge >= 0.3 is 11.9 Å². The molecule has 0 rings (SSSR count). The summed E-state index contributed by atoms with van der Waals surface area (Å²) >= 11 is 0. The molecule has 1 atom stereocenters. The van der Waals surface area contributed by atoms with Gasteiger partial charge in [0.15, 0.2) is 0 Å². The molecule has 108 valence electrons. The molecule has 0 bridgehead atoms. The lowest BCUT2D eigenvalue weighted by Gasteiger charge is -2.15. The fourth-order valence-electron chi connectivity index (χ4n) is 0.852. The molecule has 0 saturated heterocycles. The molecule has 5 heteroatoms. The molecule has 0 aromatic carbocycles. The van der Waals surface area contributed by atoms with E-state index in [1.165, 1.54) is 6.92 Å². The second-order valence-corrected chi connectivity index (χ2v) is 4.64. The summed E-state index contributed by atoms with van der Waals surface area (Å²) in [7, 11) is 0. The highest BCUT2D eigenvalue weighted by molar-refractivity contribution is 5.69. The van der Waals surface area contributed by atoms with E-state index < -0.39 is 0 Å². The Morgan fingerprint density at radius 3 is 1.78 bits per heavy atom. The highest BCUT2D eigenvalue weighted by Crippen LogP contribution is 2.05. The fraction of sp³-hybridized carbons (Fsp3) is 0.846. The van der Waals surface area contributed by atoms with Crippen LogP contribution in [0.15, 0.2) is 0 Å². The average molecular weight is 261 g/mol. The van der Waals surface area contributed by atoms with Gasteiger partial charge in [0.2, 0.25) is 0 Å². The molecule has 0 amide bonds. The number of carbonyl (C=O) groups excluding carboxylic acids is 2. The number of hydrogen-bond donors (Lipinski definition) is 1. The number of ether oxygens (including phenoxy) is 2. The average Bonchev–Trinajstić information content (AvgIpc) is 2.16. The zero-order chi connectivity index (χ0) is 14.7. The fourth-order valence-corrected chi connectivity index (χ4v) is 0.852. The molecule has 0 spiro atoms. The minimum atomic E-state index is -0.213. The Morgan fingerprint density at radius 2 is 1.56 bits per heavy atom. The van der Waals surface area contributed by atoms with Crippen molar-refractivity contribution in [2.24, 2.45) is 11.7 Å². The highest BCUT2D eigenvalue weighted by atomic mass is 16.5. The zero-order valence-electron chi connectivity index (χ0n) is 12.4. The van der Waals surface area contributed by atoms with Crippen LogP contribution in [-0.4, -0.2) is 30.7 Å². The van der Waals surface area contributed by atoms with E-state index in [-0.39, 0.29) is 24.1 Å². The van der Waals surface area contributed by atoms with Gasteiger partial charge in [-0.1, -0.05) is 13.8 Å². The van der Waals surface area contributed by atoms with Gasteiger partial charge in [-0.05, 0) is 26.7 Å². The maximum Gasteiger partial charge on any atom is 0.307 e. The molecule has 18 heavy (non-hydrogen) atoms. The molecule has 2 N–H and O–H groups in total. The summed E-state index contributed by atoms with van der Waals surface area (Å²) in [6, 6.07) is 0. The zero-order valence-corrected chi connectivity index (χ0v) is 12.4. The summed E-state index contributed by atoms with van der Waals surface area (Å²) in [5.74, 6) is -0.0413. The van der Waals surface area contributed by atoms with Crippen molar-refractivity contribution in [2.75, 3.05) is 6.54 Å². The molecule has 0 saturated carbocycles. The number of nitrogens with two attached hydrogens (primary N) is 1. The van der Waals surface area contributed by atoms with E-state index in [9.17, 15) is 9.59 Å². The Morgan fingerprint density at radius 1 is 1.06 bits per heavy atom. The summed E-state index contributed by atoms with van der Waals surface area (Å²) in [5.41, 5.74) is 5.18. The maximum atomic E-state index is 10.9. The molecule has 0 aliphatic carbocycles. The monoisotopic (exact) mass is 261 g/mol. The number of rotatable bonds is 5. The highest BCUT2D eigenvalue weighted by Gasteiger charge is 2.11. The second kappa shape index (κ2) is 11.0. The van der Waals surface area contributed by atoms with Crippen LogP contribution in [-0.2, 0) is 19.1 Å². The molecule has 0 heterocycles. The van der Waals surface area contributed by atoms with E-state index in [4.69, 9.17) is 10.5 Å². The number of esters is 2. The van der Waals surface area contributed by atoms with Crippen LogP contribution in [0.2, 0.25) is 0 Å². The molecule has 0 radical (unpaired) electrons. The van der Waals surface area contributed by atoms with Crippen molar-refractivity contribution in [3.8, 4) is 0 Å². The summed E-state index contributed by atoms with van der Waals surface area (Å²) in [6.45, 7) is 11.3. The first-order chi connectivity index (χ1) is 8.20. The van der Waals surface area contributed by atoms with Crippen molar-refractivity contribution in [2.45, 2.75) is 60.2 Å². The number of carbonyl (C=O) groups is 2. The minimum absolute atomic E-state index is 0.00551. The van der Waals surface area contributed by atoms with Crippen LogP contribution in [0.4, 0.5) is 0 Å². The first kappa shape index (κ1) is 19.2. The van der Waals surface area contributed by atoms with Gasteiger partial charge < -0.3 is 15.2 Å².